The Balaban J connectivity index is 2.51. The van der Waals surface area contributed by atoms with Crippen molar-refractivity contribution in [2.75, 3.05) is 0 Å². The molecule has 0 aliphatic carbocycles. The molecule has 0 aliphatic rings. The summed E-state index contributed by atoms with van der Waals surface area (Å²) in [5, 5.41) is 0. The van der Waals surface area contributed by atoms with Crippen LogP contribution < -0.4 is 4.74 Å². The van der Waals surface area contributed by atoms with E-state index in [-0.39, 0.29) is 11.3 Å². The summed E-state index contributed by atoms with van der Waals surface area (Å²) in [7, 11) is 0. The number of alkyl halides is 3. The number of hydrogen-bond acceptors (Lipinski definition) is 3. The van der Waals surface area contributed by atoms with Crippen LogP contribution in [-0.4, -0.2) is 12.6 Å². The molecule has 1 aromatic heterocycles. The highest BCUT2D eigenvalue weighted by molar-refractivity contribution is 7.15. The maximum Gasteiger partial charge on any atom is 0.573 e. The lowest BCUT2D eigenvalue weighted by molar-refractivity contribution is -0.274. The monoisotopic (exact) mass is 286 g/mol. The fourth-order valence-electron chi connectivity index (χ4n) is 1.61. The van der Waals surface area contributed by atoms with Crippen LogP contribution in [0.5, 0.6) is 5.75 Å². The van der Waals surface area contributed by atoms with E-state index in [0.29, 0.717) is 16.7 Å². The van der Waals surface area contributed by atoms with Gasteiger partial charge in [-0.2, -0.15) is 0 Å². The van der Waals surface area contributed by atoms with E-state index in [9.17, 15) is 18.0 Å². The van der Waals surface area contributed by atoms with E-state index in [1.165, 1.54) is 23.5 Å². The van der Waals surface area contributed by atoms with Crippen LogP contribution in [0, 0.1) is 6.92 Å². The Morgan fingerprint density at radius 1 is 1.21 bits per heavy atom. The van der Waals surface area contributed by atoms with Crippen molar-refractivity contribution in [3.05, 3.63) is 40.8 Å². The Bertz CT molecular complexity index is 602. The van der Waals surface area contributed by atoms with Crippen molar-refractivity contribution in [1.29, 1.82) is 0 Å². The fraction of sp³-hybridized carbons (Fsp3) is 0.154. The lowest BCUT2D eigenvalue weighted by Crippen LogP contribution is -2.17. The third-order valence-electron chi connectivity index (χ3n) is 2.37. The van der Waals surface area contributed by atoms with Gasteiger partial charge >= 0.3 is 6.36 Å². The minimum absolute atomic E-state index is 0.264. The summed E-state index contributed by atoms with van der Waals surface area (Å²) < 4.78 is 41.0. The summed E-state index contributed by atoms with van der Waals surface area (Å²) in [5.41, 5.74) is 0.565. The summed E-state index contributed by atoms with van der Waals surface area (Å²) >= 11 is 1.34. The molecule has 0 atom stereocenters. The summed E-state index contributed by atoms with van der Waals surface area (Å²) in [6.07, 6.45) is -4.18. The molecule has 0 radical (unpaired) electrons. The van der Waals surface area contributed by atoms with Crippen molar-refractivity contribution in [2.45, 2.75) is 13.3 Å². The van der Waals surface area contributed by atoms with Gasteiger partial charge in [-0.3, -0.25) is 4.79 Å². The Morgan fingerprint density at radius 3 is 2.47 bits per heavy atom. The summed E-state index contributed by atoms with van der Waals surface area (Å²) in [6.45, 7) is 1.85. The average Bonchev–Trinajstić information content (AvgIpc) is 2.74. The van der Waals surface area contributed by atoms with E-state index in [1.54, 1.807) is 12.1 Å². The molecule has 0 bridgehead atoms. The SMILES string of the molecule is Cc1ccc(-c2cc(C=O)ccc2OC(F)(F)F)s1. The summed E-state index contributed by atoms with van der Waals surface area (Å²) in [5.74, 6) is -0.306. The van der Waals surface area contributed by atoms with E-state index < -0.39 is 6.36 Å². The average molecular weight is 286 g/mol. The Labute approximate surface area is 111 Å². The number of aldehydes is 1. The van der Waals surface area contributed by atoms with E-state index in [0.717, 1.165) is 10.9 Å². The molecule has 2 rings (SSSR count). The zero-order valence-corrected chi connectivity index (χ0v) is 10.6. The van der Waals surface area contributed by atoms with Gasteiger partial charge in [0.05, 0.1) is 0 Å². The van der Waals surface area contributed by atoms with Crippen LogP contribution in [0.15, 0.2) is 30.3 Å². The lowest BCUT2D eigenvalue weighted by Gasteiger charge is -2.12. The topological polar surface area (TPSA) is 26.3 Å². The molecule has 0 saturated carbocycles. The molecule has 0 amide bonds. The Hall–Kier alpha value is -1.82. The van der Waals surface area contributed by atoms with Crippen LogP contribution in [0.2, 0.25) is 0 Å². The Morgan fingerprint density at radius 2 is 1.95 bits per heavy atom. The number of aryl methyl sites for hydroxylation is 1. The molecule has 0 saturated heterocycles. The molecule has 1 aromatic carbocycles. The van der Waals surface area contributed by atoms with Crippen LogP contribution in [0.3, 0.4) is 0 Å². The fourth-order valence-corrected chi connectivity index (χ4v) is 2.49. The second kappa shape index (κ2) is 5.05. The smallest absolute Gasteiger partial charge is 0.405 e. The minimum atomic E-state index is -4.76. The van der Waals surface area contributed by atoms with Crippen LogP contribution in [-0.2, 0) is 0 Å². The number of hydrogen-bond donors (Lipinski definition) is 0. The van der Waals surface area contributed by atoms with E-state index in [4.69, 9.17) is 0 Å². The number of carbonyl (C=O) groups is 1. The zero-order chi connectivity index (χ0) is 14.0. The van der Waals surface area contributed by atoms with Gasteiger partial charge in [0.15, 0.2) is 0 Å². The minimum Gasteiger partial charge on any atom is -0.405 e. The van der Waals surface area contributed by atoms with Gasteiger partial charge in [-0.1, -0.05) is 0 Å². The van der Waals surface area contributed by atoms with E-state index >= 15 is 0 Å². The number of rotatable bonds is 3. The molecule has 19 heavy (non-hydrogen) atoms. The molecule has 2 nitrogen and oxygen atoms in total. The first-order chi connectivity index (χ1) is 8.89. The predicted octanol–water partition coefficient (Wildman–Crippen LogP) is 4.43. The van der Waals surface area contributed by atoms with Gasteiger partial charge in [-0.25, -0.2) is 0 Å². The maximum atomic E-state index is 12.3. The van der Waals surface area contributed by atoms with Crippen molar-refractivity contribution in [1.82, 2.24) is 0 Å². The van der Waals surface area contributed by atoms with Crippen molar-refractivity contribution >= 4 is 17.6 Å². The van der Waals surface area contributed by atoms with Crippen molar-refractivity contribution in [3.63, 3.8) is 0 Å². The molecule has 100 valence electrons. The highest BCUT2D eigenvalue weighted by Crippen LogP contribution is 2.37. The highest BCUT2D eigenvalue weighted by atomic mass is 32.1. The molecule has 2 aromatic rings. The Kier molecular flexibility index (Phi) is 3.61. The zero-order valence-electron chi connectivity index (χ0n) is 9.82. The van der Waals surface area contributed by atoms with Gasteiger partial charge in [-0.15, -0.1) is 24.5 Å². The molecule has 0 unspecified atom stereocenters. The summed E-state index contributed by atoms with van der Waals surface area (Å²) in [6, 6.07) is 7.33. The number of halogens is 3. The van der Waals surface area contributed by atoms with Crippen molar-refractivity contribution in [3.8, 4) is 16.2 Å². The second-order valence-corrected chi connectivity index (χ2v) is 5.12. The molecular weight excluding hydrogens is 277 g/mol. The van der Waals surface area contributed by atoms with Crippen LogP contribution in [0.4, 0.5) is 13.2 Å². The number of carbonyl (C=O) groups excluding carboxylic acids is 1. The normalized spacial score (nSPS) is 11.4. The van der Waals surface area contributed by atoms with Gasteiger partial charge in [0.25, 0.3) is 0 Å². The molecule has 0 spiro atoms. The van der Waals surface area contributed by atoms with Crippen LogP contribution in [0.1, 0.15) is 15.2 Å². The van der Waals surface area contributed by atoms with Gasteiger partial charge in [0.2, 0.25) is 0 Å². The van der Waals surface area contributed by atoms with Crippen molar-refractivity contribution in [2.24, 2.45) is 0 Å². The molecule has 0 fully saturated rings. The summed E-state index contributed by atoms with van der Waals surface area (Å²) in [4.78, 5) is 12.3. The van der Waals surface area contributed by atoms with Gasteiger partial charge in [0.1, 0.15) is 12.0 Å². The molecular formula is C13H9F3O2S. The lowest BCUT2D eigenvalue weighted by atomic mass is 10.1. The molecule has 0 aliphatic heterocycles. The third kappa shape index (κ3) is 3.35. The molecule has 6 heteroatoms. The first-order valence-electron chi connectivity index (χ1n) is 5.31. The van der Waals surface area contributed by atoms with Crippen LogP contribution >= 0.6 is 11.3 Å². The molecule has 1 heterocycles. The number of benzene rings is 1. The maximum absolute atomic E-state index is 12.3. The number of ether oxygens (including phenoxy) is 1. The number of thiophene rings is 1. The van der Waals surface area contributed by atoms with E-state index in [1.807, 2.05) is 6.92 Å². The largest absolute Gasteiger partial charge is 0.573 e. The predicted molar refractivity (Wildman–Crippen MR) is 66.6 cm³/mol. The first kappa shape index (κ1) is 13.6. The second-order valence-electron chi connectivity index (χ2n) is 3.83. The van der Waals surface area contributed by atoms with Gasteiger partial charge in [-0.05, 0) is 37.3 Å². The third-order valence-corrected chi connectivity index (χ3v) is 3.41. The standard InChI is InChI=1S/C13H9F3O2S/c1-8-2-5-12(19-8)10-6-9(7-17)3-4-11(10)18-13(14,15)16/h2-7H,1H3. The quantitative estimate of drug-likeness (QED) is 0.780. The van der Waals surface area contributed by atoms with Gasteiger partial charge in [0, 0.05) is 20.9 Å². The molecule has 0 N–H and O–H groups in total. The highest BCUT2D eigenvalue weighted by Gasteiger charge is 2.32. The van der Waals surface area contributed by atoms with Crippen molar-refractivity contribution < 1.29 is 22.7 Å². The van der Waals surface area contributed by atoms with Crippen LogP contribution in [0.25, 0.3) is 10.4 Å². The first-order valence-corrected chi connectivity index (χ1v) is 6.12. The van der Waals surface area contributed by atoms with Gasteiger partial charge < -0.3 is 4.74 Å². The van der Waals surface area contributed by atoms with E-state index in [2.05, 4.69) is 4.74 Å².